The molecule has 14 heavy (non-hydrogen) atoms. The molecule has 0 aliphatic carbocycles. The van der Waals surface area contributed by atoms with Crippen molar-refractivity contribution in [2.45, 2.75) is 24.7 Å². The van der Waals surface area contributed by atoms with Crippen molar-refractivity contribution >= 4 is 11.8 Å². The third-order valence-corrected chi connectivity index (χ3v) is 3.49. The normalized spacial score (nSPS) is 21.9. The van der Waals surface area contributed by atoms with Crippen LogP contribution in [0.3, 0.4) is 0 Å². The second kappa shape index (κ2) is 4.60. The van der Waals surface area contributed by atoms with Crippen molar-refractivity contribution in [2.24, 2.45) is 0 Å². The monoisotopic (exact) mass is 210 g/mol. The van der Waals surface area contributed by atoms with Crippen molar-refractivity contribution in [3.63, 3.8) is 0 Å². The third-order valence-electron chi connectivity index (χ3n) is 2.26. The van der Waals surface area contributed by atoms with E-state index in [1.807, 2.05) is 23.9 Å². The Morgan fingerprint density at radius 3 is 2.86 bits per heavy atom. The Hall–Kier alpha value is -0.830. The minimum atomic E-state index is 0.219. The number of phenols is 1. The van der Waals surface area contributed by atoms with Crippen molar-refractivity contribution in [1.82, 2.24) is 0 Å². The van der Waals surface area contributed by atoms with Crippen LogP contribution in [-0.2, 0) is 0 Å². The Morgan fingerprint density at radius 2 is 2.14 bits per heavy atom. The van der Waals surface area contributed by atoms with E-state index >= 15 is 0 Å². The first kappa shape index (κ1) is 9.71. The van der Waals surface area contributed by atoms with Crippen LogP contribution < -0.4 is 4.74 Å². The number of phenolic OH excluding ortho intramolecular Hbond substituents is 1. The van der Waals surface area contributed by atoms with Crippen molar-refractivity contribution in [1.29, 1.82) is 0 Å². The molecule has 3 heteroatoms. The number of rotatable bonds is 2. The van der Waals surface area contributed by atoms with Crippen molar-refractivity contribution < 1.29 is 9.84 Å². The SMILES string of the molecule is Oc1ccccc1OC1CCCCS1. The van der Waals surface area contributed by atoms with Gasteiger partial charge in [-0.1, -0.05) is 12.1 Å². The first-order valence-corrected chi connectivity index (χ1v) is 5.97. The minimum absolute atomic E-state index is 0.219. The Labute approximate surface area is 88.3 Å². The lowest BCUT2D eigenvalue weighted by atomic mass is 10.2. The van der Waals surface area contributed by atoms with Crippen LogP contribution in [0.15, 0.2) is 24.3 Å². The van der Waals surface area contributed by atoms with Gasteiger partial charge in [-0.25, -0.2) is 0 Å². The van der Waals surface area contributed by atoms with Gasteiger partial charge in [0.1, 0.15) is 5.44 Å². The van der Waals surface area contributed by atoms with Gasteiger partial charge in [-0.2, -0.15) is 0 Å². The molecule has 1 unspecified atom stereocenters. The molecule has 1 heterocycles. The Kier molecular flexibility index (Phi) is 3.19. The molecule has 1 N–H and O–H groups in total. The number of aromatic hydroxyl groups is 1. The van der Waals surface area contributed by atoms with Gasteiger partial charge in [0, 0.05) is 0 Å². The van der Waals surface area contributed by atoms with Gasteiger partial charge in [0.2, 0.25) is 0 Å². The van der Waals surface area contributed by atoms with Gasteiger partial charge in [-0.05, 0) is 37.1 Å². The maximum absolute atomic E-state index is 9.51. The molecule has 0 amide bonds. The molecule has 1 aromatic rings. The maximum atomic E-state index is 9.51. The number of hydrogen-bond donors (Lipinski definition) is 1. The fraction of sp³-hybridized carbons (Fsp3) is 0.455. The Bertz CT molecular complexity index is 295. The number of benzene rings is 1. The van der Waals surface area contributed by atoms with Gasteiger partial charge in [-0.15, -0.1) is 11.8 Å². The van der Waals surface area contributed by atoms with Crippen molar-refractivity contribution in [2.75, 3.05) is 5.75 Å². The van der Waals surface area contributed by atoms with Crippen LogP contribution in [-0.4, -0.2) is 16.3 Å². The highest BCUT2D eigenvalue weighted by Gasteiger charge is 2.16. The second-order valence-electron chi connectivity index (χ2n) is 3.38. The summed E-state index contributed by atoms with van der Waals surface area (Å²) in [5.41, 5.74) is 0.219. The summed E-state index contributed by atoms with van der Waals surface area (Å²) in [6.07, 6.45) is 3.59. The largest absolute Gasteiger partial charge is 0.504 e. The summed E-state index contributed by atoms with van der Waals surface area (Å²) in [5.74, 6) is 2.00. The lowest BCUT2D eigenvalue weighted by Gasteiger charge is -2.22. The standard InChI is InChI=1S/C11H14O2S/c12-9-5-1-2-6-10(9)13-11-7-3-4-8-14-11/h1-2,5-6,11-12H,3-4,7-8H2. The highest BCUT2D eigenvalue weighted by Crippen LogP contribution is 2.32. The number of thioether (sulfide) groups is 1. The molecule has 1 atom stereocenters. The van der Waals surface area contributed by atoms with Gasteiger partial charge in [0.05, 0.1) is 0 Å². The van der Waals surface area contributed by atoms with E-state index in [1.165, 1.54) is 12.8 Å². The van der Waals surface area contributed by atoms with E-state index in [2.05, 4.69) is 0 Å². The fourth-order valence-electron chi connectivity index (χ4n) is 1.50. The van der Waals surface area contributed by atoms with Crippen LogP contribution in [0.1, 0.15) is 19.3 Å². The lowest BCUT2D eigenvalue weighted by molar-refractivity contribution is 0.256. The summed E-state index contributed by atoms with van der Waals surface area (Å²) in [6, 6.07) is 7.14. The fourth-order valence-corrected chi connectivity index (χ4v) is 2.64. The van der Waals surface area contributed by atoms with E-state index in [9.17, 15) is 5.11 Å². The van der Waals surface area contributed by atoms with Crippen molar-refractivity contribution in [3.8, 4) is 11.5 Å². The Morgan fingerprint density at radius 1 is 1.29 bits per heavy atom. The van der Waals surface area contributed by atoms with Gasteiger partial charge in [-0.3, -0.25) is 0 Å². The second-order valence-corrected chi connectivity index (χ2v) is 4.65. The van der Waals surface area contributed by atoms with Gasteiger partial charge in [0.15, 0.2) is 11.5 Å². The molecule has 2 rings (SSSR count). The van der Waals surface area contributed by atoms with Crippen molar-refractivity contribution in [3.05, 3.63) is 24.3 Å². The minimum Gasteiger partial charge on any atom is -0.504 e. The zero-order valence-corrected chi connectivity index (χ0v) is 8.80. The van der Waals surface area contributed by atoms with E-state index in [1.54, 1.807) is 12.1 Å². The summed E-state index contributed by atoms with van der Waals surface area (Å²) in [4.78, 5) is 0. The van der Waals surface area contributed by atoms with Crippen LogP contribution in [0, 0.1) is 0 Å². The van der Waals surface area contributed by atoms with E-state index < -0.39 is 0 Å². The molecule has 1 aliphatic heterocycles. The zero-order valence-electron chi connectivity index (χ0n) is 7.98. The quantitative estimate of drug-likeness (QED) is 0.813. The molecule has 0 aromatic heterocycles. The van der Waals surface area contributed by atoms with E-state index in [0.29, 0.717) is 5.75 Å². The molecule has 1 aliphatic rings. The lowest BCUT2D eigenvalue weighted by Crippen LogP contribution is -2.16. The summed E-state index contributed by atoms with van der Waals surface area (Å²) in [5, 5.41) is 9.51. The molecule has 0 bridgehead atoms. The molecule has 76 valence electrons. The maximum Gasteiger partial charge on any atom is 0.162 e. The number of ether oxygens (including phenoxy) is 1. The molecule has 1 fully saturated rings. The summed E-state index contributed by atoms with van der Waals surface area (Å²) in [7, 11) is 0. The molecule has 0 saturated carbocycles. The molecular weight excluding hydrogens is 196 g/mol. The van der Waals surface area contributed by atoms with Gasteiger partial charge in [0.25, 0.3) is 0 Å². The average molecular weight is 210 g/mol. The van der Waals surface area contributed by atoms with Crippen LogP contribution in [0.25, 0.3) is 0 Å². The third kappa shape index (κ3) is 2.35. The first-order chi connectivity index (χ1) is 6.86. The van der Waals surface area contributed by atoms with Crippen LogP contribution in [0.5, 0.6) is 11.5 Å². The predicted octanol–water partition coefficient (Wildman–Crippen LogP) is 3.01. The zero-order chi connectivity index (χ0) is 9.80. The molecule has 0 radical (unpaired) electrons. The van der Waals surface area contributed by atoms with Crippen LogP contribution in [0.4, 0.5) is 0 Å². The molecule has 1 aromatic carbocycles. The number of para-hydroxylation sites is 2. The van der Waals surface area contributed by atoms with E-state index in [0.717, 1.165) is 12.2 Å². The summed E-state index contributed by atoms with van der Waals surface area (Å²) >= 11 is 1.83. The molecule has 1 saturated heterocycles. The predicted molar refractivity (Wildman–Crippen MR) is 58.8 cm³/mol. The van der Waals surface area contributed by atoms with Crippen LogP contribution >= 0.6 is 11.8 Å². The Balaban J connectivity index is 1.99. The summed E-state index contributed by atoms with van der Waals surface area (Å²) < 4.78 is 5.70. The number of hydrogen-bond acceptors (Lipinski definition) is 3. The van der Waals surface area contributed by atoms with Crippen LogP contribution in [0.2, 0.25) is 0 Å². The molecular formula is C11H14O2S. The molecule has 0 spiro atoms. The van der Waals surface area contributed by atoms with Gasteiger partial charge >= 0.3 is 0 Å². The van der Waals surface area contributed by atoms with E-state index in [-0.39, 0.29) is 11.2 Å². The first-order valence-electron chi connectivity index (χ1n) is 4.92. The smallest absolute Gasteiger partial charge is 0.162 e. The highest BCUT2D eigenvalue weighted by molar-refractivity contribution is 7.99. The molecule has 2 nitrogen and oxygen atoms in total. The van der Waals surface area contributed by atoms with Gasteiger partial charge < -0.3 is 9.84 Å². The van der Waals surface area contributed by atoms with E-state index in [4.69, 9.17) is 4.74 Å². The average Bonchev–Trinajstić information content (AvgIpc) is 2.23. The summed E-state index contributed by atoms with van der Waals surface area (Å²) in [6.45, 7) is 0. The highest BCUT2D eigenvalue weighted by atomic mass is 32.2. The topological polar surface area (TPSA) is 29.5 Å².